The molecule has 2 aliphatic heterocycles. The molecule has 0 amide bonds. The zero-order chi connectivity index (χ0) is 41.1. The summed E-state index contributed by atoms with van der Waals surface area (Å²) in [6, 6.07) is 51.9. The maximum atomic E-state index is 2.74. The molecule has 12 rings (SSSR count). The number of fused-ring (bicyclic) bond motifs is 12. The monoisotopic (exact) mass is 772 g/mol. The number of hydrogen-bond acceptors (Lipinski definition) is 0. The van der Waals surface area contributed by atoms with Crippen molar-refractivity contribution >= 4 is 72.2 Å². The maximum Gasteiger partial charge on any atom is 0.333 e. The molecule has 0 unspecified atom stereocenters. The minimum atomic E-state index is -0.0370. The fourth-order valence-electron chi connectivity index (χ4n) is 11.1. The van der Waals surface area contributed by atoms with Crippen LogP contribution >= 0.6 is 0 Å². The molecule has 0 bridgehead atoms. The van der Waals surface area contributed by atoms with Crippen molar-refractivity contribution in [3.05, 3.63) is 161 Å². The molecule has 0 aliphatic carbocycles. The van der Waals surface area contributed by atoms with E-state index in [1.807, 2.05) is 0 Å². The third kappa shape index (κ3) is 4.78. The van der Waals surface area contributed by atoms with Crippen molar-refractivity contribution in [1.29, 1.82) is 0 Å². The summed E-state index contributed by atoms with van der Waals surface area (Å²) in [7, 11) is 0. The minimum absolute atomic E-state index is 0.00185. The van der Waals surface area contributed by atoms with Crippen molar-refractivity contribution in [3.63, 3.8) is 0 Å². The maximum absolute atomic E-state index is 2.74. The van der Waals surface area contributed by atoms with Gasteiger partial charge in [-0.2, -0.15) is 0 Å². The molecule has 290 valence electrons. The van der Waals surface area contributed by atoms with Gasteiger partial charge in [0.1, 0.15) is 0 Å². The summed E-state index contributed by atoms with van der Waals surface area (Å²) in [6.07, 6.45) is 0. The van der Waals surface area contributed by atoms with Gasteiger partial charge in [0.05, 0.1) is 11.0 Å². The van der Waals surface area contributed by atoms with Gasteiger partial charge in [0, 0.05) is 49.2 Å². The van der Waals surface area contributed by atoms with Gasteiger partial charge < -0.3 is 9.05 Å². The van der Waals surface area contributed by atoms with E-state index in [9.17, 15) is 0 Å². The Bertz CT molecular complexity index is 3530. The molecule has 0 radical (unpaired) electrons. The molecule has 0 N–H and O–H groups in total. The Balaban J connectivity index is 1.31. The highest BCUT2D eigenvalue weighted by atomic mass is 15.0. The van der Waals surface area contributed by atoms with Gasteiger partial charge in [0.25, 0.3) is 0 Å². The zero-order valence-corrected chi connectivity index (χ0v) is 36.2. The average molecular weight is 773 g/mol. The van der Waals surface area contributed by atoms with Crippen LogP contribution in [0.15, 0.2) is 133 Å². The Morgan fingerprint density at radius 1 is 0.433 bits per heavy atom. The summed E-state index contributed by atoms with van der Waals surface area (Å²) in [4.78, 5) is 0. The van der Waals surface area contributed by atoms with Crippen LogP contribution in [0.25, 0.3) is 93.5 Å². The van der Waals surface area contributed by atoms with Gasteiger partial charge in [-0.25, -0.2) is 0 Å². The Morgan fingerprint density at radius 3 is 1.93 bits per heavy atom. The lowest BCUT2D eigenvalue weighted by Gasteiger charge is -2.35. The average Bonchev–Trinajstić information content (AvgIpc) is 3.73. The van der Waals surface area contributed by atoms with Crippen LogP contribution < -0.4 is 10.9 Å². The summed E-state index contributed by atoms with van der Waals surface area (Å²) >= 11 is 0. The van der Waals surface area contributed by atoms with Gasteiger partial charge in [-0.1, -0.05) is 144 Å². The third-order valence-corrected chi connectivity index (χ3v) is 14.0. The number of aromatic nitrogens is 2. The smallest absolute Gasteiger partial charge is 0.333 e. The summed E-state index contributed by atoms with van der Waals surface area (Å²) in [6.45, 7) is 20.9. The molecule has 60 heavy (non-hydrogen) atoms. The highest BCUT2D eigenvalue weighted by Crippen LogP contribution is 2.48. The summed E-state index contributed by atoms with van der Waals surface area (Å²) in [5.41, 5.74) is 23.7. The van der Waals surface area contributed by atoms with Crippen LogP contribution in [0.1, 0.15) is 69.4 Å². The number of hydrogen-bond donors (Lipinski definition) is 0. The van der Waals surface area contributed by atoms with Gasteiger partial charge >= 0.3 is 6.85 Å². The fraction of sp³-hybridized carbons (Fsp3) is 0.193. The van der Waals surface area contributed by atoms with E-state index in [-0.39, 0.29) is 17.7 Å². The summed E-state index contributed by atoms with van der Waals surface area (Å²) in [5.74, 6) is 0. The minimum Gasteiger partial charge on any atom is -0.375 e. The number of nitrogens with zero attached hydrogens (tertiary/aromatic N) is 2. The van der Waals surface area contributed by atoms with E-state index in [2.05, 4.69) is 205 Å². The molecule has 2 aliphatic rings. The van der Waals surface area contributed by atoms with Crippen molar-refractivity contribution in [2.24, 2.45) is 0 Å². The Morgan fingerprint density at radius 2 is 1.17 bits per heavy atom. The van der Waals surface area contributed by atoms with Crippen molar-refractivity contribution in [2.45, 2.75) is 73.1 Å². The first kappa shape index (κ1) is 35.6. The van der Waals surface area contributed by atoms with E-state index in [4.69, 9.17) is 0 Å². The number of aryl methyl sites for hydroxylation is 3. The largest absolute Gasteiger partial charge is 0.375 e. The fourth-order valence-corrected chi connectivity index (χ4v) is 11.1. The lowest BCUT2D eigenvalue weighted by atomic mass is 9.45. The first-order valence-corrected chi connectivity index (χ1v) is 21.7. The number of rotatable bonds is 2. The van der Waals surface area contributed by atoms with Gasteiger partial charge in [0.15, 0.2) is 0 Å². The molecule has 0 atom stereocenters. The molecule has 0 spiro atoms. The third-order valence-electron chi connectivity index (χ3n) is 14.0. The van der Waals surface area contributed by atoms with Gasteiger partial charge in [0.2, 0.25) is 0 Å². The molecule has 0 fully saturated rings. The summed E-state index contributed by atoms with van der Waals surface area (Å²) in [5, 5.41) is 7.91. The first-order valence-electron chi connectivity index (χ1n) is 21.7. The van der Waals surface area contributed by atoms with E-state index in [1.165, 1.54) is 132 Å². The molecule has 0 saturated heterocycles. The second-order valence-corrected chi connectivity index (χ2v) is 20.0. The topological polar surface area (TPSA) is 9.86 Å². The molecule has 2 nitrogen and oxygen atoms in total. The van der Waals surface area contributed by atoms with Crippen molar-refractivity contribution < 1.29 is 0 Å². The van der Waals surface area contributed by atoms with Gasteiger partial charge in [-0.3, -0.25) is 0 Å². The van der Waals surface area contributed by atoms with Crippen LogP contribution in [-0.2, 0) is 10.8 Å². The number of benzene rings is 8. The molecule has 0 saturated carbocycles. The SMILES string of the molecule is Cc1ccc(-c2cc3c4c(c2)-n2c5c(cc(C)cc5c5ccc6c(-c7ccccc7)cccc6c52)B4n2c4ccc(C(C)(C)C)cc4c4cc(C(C)(C)C)cc-3c42)c(C)c1. The Kier molecular flexibility index (Phi) is 7.07. The molecular formula is C57H49BN2. The second-order valence-electron chi connectivity index (χ2n) is 20.0. The Labute approximate surface area is 353 Å². The van der Waals surface area contributed by atoms with E-state index >= 15 is 0 Å². The zero-order valence-electron chi connectivity index (χ0n) is 36.2. The van der Waals surface area contributed by atoms with Crippen LogP contribution in [0.2, 0.25) is 0 Å². The van der Waals surface area contributed by atoms with Crippen molar-refractivity contribution in [2.75, 3.05) is 0 Å². The van der Waals surface area contributed by atoms with E-state index < -0.39 is 0 Å². The van der Waals surface area contributed by atoms with Crippen LogP contribution in [0, 0.1) is 20.8 Å². The van der Waals surface area contributed by atoms with E-state index in [1.54, 1.807) is 0 Å². The molecule has 3 heteroatoms. The lowest BCUT2D eigenvalue weighted by Crippen LogP contribution is -2.55. The first-order chi connectivity index (χ1) is 28.8. The molecule has 8 aromatic carbocycles. The molecular weight excluding hydrogens is 723 g/mol. The normalized spacial score (nSPS) is 13.4. The predicted octanol–water partition coefficient (Wildman–Crippen LogP) is 13.8. The highest BCUT2D eigenvalue weighted by Gasteiger charge is 2.42. The lowest BCUT2D eigenvalue weighted by molar-refractivity contribution is 0.590. The predicted molar refractivity (Wildman–Crippen MR) is 260 cm³/mol. The standard InChI is InChI=1S/C57H49BN2/c1-32-18-20-39(34(3)24-32)36-27-45-48-31-38(57(7,8)9)30-47-44-29-37(56(4,5)6)19-23-50(44)60(54(47)48)58-49-26-33(2)25-46-43-22-21-41-40(35-14-11-10-12-15-35)16-13-17-42(41)53(43)59(55(46)49)51(28-36)52(45)58/h10-31H,1-9H3. The van der Waals surface area contributed by atoms with Crippen molar-refractivity contribution in [1.82, 2.24) is 9.05 Å². The molecule has 10 aromatic rings. The van der Waals surface area contributed by atoms with E-state index in [0.29, 0.717) is 0 Å². The van der Waals surface area contributed by atoms with Crippen LogP contribution in [-0.4, -0.2) is 15.9 Å². The van der Waals surface area contributed by atoms with Crippen molar-refractivity contribution in [3.8, 4) is 39.1 Å². The van der Waals surface area contributed by atoms with Gasteiger partial charge in [-0.05, 0) is 135 Å². The summed E-state index contributed by atoms with van der Waals surface area (Å²) < 4.78 is 5.42. The second kappa shape index (κ2) is 11.9. The Hall–Kier alpha value is -6.32. The highest BCUT2D eigenvalue weighted by molar-refractivity contribution is 6.90. The van der Waals surface area contributed by atoms with Crippen LogP contribution in [0.5, 0.6) is 0 Å². The molecule has 4 heterocycles. The van der Waals surface area contributed by atoms with Crippen LogP contribution in [0.4, 0.5) is 0 Å². The van der Waals surface area contributed by atoms with Gasteiger partial charge in [-0.15, -0.1) is 0 Å². The van der Waals surface area contributed by atoms with E-state index in [0.717, 1.165) is 0 Å². The quantitative estimate of drug-likeness (QED) is 0.155. The van der Waals surface area contributed by atoms with Crippen LogP contribution in [0.3, 0.4) is 0 Å². The molecule has 2 aromatic heterocycles.